The fraction of sp³-hybridized carbons (Fsp3) is 0.310. The van der Waals surface area contributed by atoms with Crippen LogP contribution >= 0.6 is 0 Å². The number of pyridine rings is 1. The number of sulfonamides is 1. The molecule has 13 heteroatoms. The first-order valence-corrected chi connectivity index (χ1v) is 14.9. The molecule has 1 aromatic heterocycles. The molecular formula is C29H28N4O8S. The average Bonchev–Trinajstić information content (AvgIpc) is 3.74. The molecule has 1 N–H and O–H groups in total. The van der Waals surface area contributed by atoms with E-state index in [1.54, 1.807) is 36.4 Å². The van der Waals surface area contributed by atoms with Gasteiger partial charge in [0, 0.05) is 32.1 Å². The molecular weight excluding hydrogens is 564 g/mol. The van der Waals surface area contributed by atoms with E-state index in [2.05, 4.69) is 10.3 Å². The van der Waals surface area contributed by atoms with Gasteiger partial charge in [-0.3, -0.25) is 19.4 Å². The maximum atomic E-state index is 14.1. The third-order valence-corrected chi connectivity index (χ3v) is 9.20. The maximum Gasteiger partial charge on any atom is 0.269 e. The number of hydrogen-bond acceptors (Lipinski definition) is 9. The van der Waals surface area contributed by atoms with Gasteiger partial charge in [0.15, 0.2) is 11.5 Å². The third kappa shape index (κ3) is 5.28. The molecule has 4 heterocycles. The Bertz CT molecular complexity index is 1630. The number of carbonyl (C=O) groups is 3. The SMILES string of the molecule is O=C(NCC1CCCO1)C(c1ccncc1)N(Cc1ccc2c(c1)OCO2)C(=O)CN1C(=O)c2ccccc2S1(=O)=O. The van der Waals surface area contributed by atoms with Crippen LogP contribution in [0.15, 0.2) is 71.9 Å². The van der Waals surface area contributed by atoms with Crippen molar-refractivity contribution >= 4 is 27.7 Å². The normalized spacial score (nSPS) is 18.9. The van der Waals surface area contributed by atoms with E-state index in [0.29, 0.717) is 33.5 Å². The first-order chi connectivity index (χ1) is 20.3. The van der Waals surface area contributed by atoms with Gasteiger partial charge in [-0.1, -0.05) is 18.2 Å². The summed E-state index contributed by atoms with van der Waals surface area (Å²) < 4.78 is 43.6. The standard InChI is InChI=1S/C29H28N4O8S/c34-26(17-33-29(36)22-5-1-2-6-25(22)42(33,37)38)32(16-19-7-8-23-24(14-19)41-18-40-23)27(20-9-11-30-12-10-20)28(35)31-15-21-4-3-13-39-21/h1-2,5-12,14,21,27H,3-4,13,15-18H2,(H,31,35). The molecule has 12 nitrogen and oxygen atoms in total. The summed E-state index contributed by atoms with van der Waals surface area (Å²) in [5.74, 6) is -1.000. The molecule has 3 aliphatic rings. The summed E-state index contributed by atoms with van der Waals surface area (Å²) in [5.41, 5.74) is 1.06. The summed E-state index contributed by atoms with van der Waals surface area (Å²) in [6, 6.07) is 13.0. The number of ether oxygens (including phenoxy) is 3. The molecule has 0 saturated carbocycles. The maximum absolute atomic E-state index is 14.1. The quantitative estimate of drug-likeness (QED) is 0.395. The topological polar surface area (TPSA) is 144 Å². The van der Waals surface area contributed by atoms with Crippen molar-refractivity contribution in [2.24, 2.45) is 0 Å². The Balaban J connectivity index is 1.35. The van der Waals surface area contributed by atoms with Crippen molar-refractivity contribution in [3.8, 4) is 11.5 Å². The lowest BCUT2D eigenvalue weighted by molar-refractivity contribution is -0.141. The van der Waals surface area contributed by atoms with Crippen LogP contribution in [0.3, 0.4) is 0 Å². The number of aromatic nitrogens is 1. The van der Waals surface area contributed by atoms with Crippen LogP contribution < -0.4 is 14.8 Å². The minimum Gasteiger partial charge on any atom is -0.454 e. The summed E-state index contributed by atoms with van der Waals surface area (Å²) in [5, 5.41) is 2.90. The van der Waals surface area contributed by atoms with Crippen molar-refractivity contribution in [1.82, 2.24) is 19.5 Å². The van der Waals surface area contributed by atoms with Crippen molar-refractivity contribution < 1.29 is 37.0 Å². The van der Waals surface area contributed by atoms with Crippen molar-refractivity contribution in [1.29, 1.82) is 0 Å². The lowest BCUT2D eigenvalue weighted by atomic mass is 10.0. The van der Waals surface area contributed by atoms with Gasteiger partial charge in [-0.2, -0.15) is 0 Å². The zero-order valence-corrected chi connectivity index (χ0v) is 23.3. The Morgan fingerprint density at radius 3 is 2.62 bits per heavy atom. The molecule has 2 atom stereocenters. The molecule has 0 bridgehead atoms. The monoisotopic (exact) mass is 592 g/mol. The van der Waals surface area contributed by atoms with Crippen molar-refractivity contribution in [2.75, 3.05) is 26.5 Å². The van der Waals surface area contributed by atoms with Gasteiger partial charge in [0.1, 0.15) is 17.5 Å². The minimum atomic E-state index is -4.26. The second-order valence-corrected chi connectivity index (χ2v) is 11.9. The van der Waals surface area contributed by atoms with Gasteiger partial charge in [-0.05, 0) is 60.4 Å². The number of nitrogens with zero attached hydrogens (tertiary/aromatic N) is 3. The third-order valence-electron chi connectivity index (χ3n) is 7.41. The van der Waals surface area contributed by atoms with Gasteiger partial charge in [0.2, 0.25) is 18.6 Å². The lowest BCUT2D eigenvalue weighted by Gasteiger charge is -2.32. The highest BCUT2D eigenvalue weighted by Crippen LogP contribution is 2.35. The van der Waals surface area contributed by atoms with E-state index in [0.717, 1.165) is 12.8 Å². The molecule has 42 heavy (non-hydrogen) atoms. The van der Waals surface area contributed by atoms with Crippen LogP contribution in [-0.2, 0) is 30.9 Å². The van der Waals surface area contributed by atoms with E-state index in [9.17, 15) is 22.8 Å². The highest BCUT2D eigenvalue weighted by molar-refractivity contribution is 7.90. The number of fused-ring (bicyclic) bond motifs is 2. The van der Waals surface area contributed by atoms with Crippen molar-refractivity contribution in [3.63, 3.8) is 0 Å². The Hall–Kier alpha value is -4.49. The summed E-state index contributed by atoms with van der Waals surface area (Å²) in [4.78, 5) is 46.2. The molecule has 1 fully saturated rings. The molecule has 218 valence electrons. The van der Waals surface area contributed by atoms with E-state index >= 15 is 0 Å². The van der Waals surface area contributed by atoms with Gasteiger partial charge in [0.25, 0.3) is 15.9 Å². The van der Waals surface area contributed by atoms with Crippen LogP contribution in [0.25, 0.3) is 0 Å². The van der Waals surface area contributed by atoms with Gasteiger partial charge in [0.05, 0.1) is 11.7 Å². The Labute approximate surface area is 242 Å². The predicted molar refractivity (Wildman–Crippen MR) is 147 cm³/mol. The molecule has 1 saturated heterocycles. The number of rotatable bonds is 9. The molecule has 6 rings (SSSR count). The summed E-state index contributed by atoms with van der Waals surface area (Å²) in [6.45, 7) is 0.0403. The highest BCUT2D eigenvalue weighted by atomic mass is 32.2. The minimum absolute atomic E-state index is 0.00684. The van der Waals surface area contributed by atoms with Gasteiger partial charge < -0.3 is 24.4 Å². The van der Waals surface area contributed by atoms with Crippen molar-refractivity contribution in [2.45, 2.75) is 36.4 Å². The molecule has 3 aromatic rings. The fourth-order valence-corrected chi connectivity index (χ4v) is 6.81. The second-order valence-electron chi connectivity index (χ2n) is 10.1. The zero-order chi connectivity index (χ0) is 29.3. The summed E-state index contributed by atoms with van der Waals surface area (Å²) in [6.07, 6.45) is 4.56. The largest absolute Gasteiger partial charge is 0.454 e. The average molecular weight is 593 g/mol. The van der Waals surface area contributed by atoms with Gasteiger partial charge >= 0.3 is 0 Å². The van der Waals surface area contributed by atoms with Crippen LogP contribution in [-0.4, -0.2) is 72.9 Å². The van der Waals surface area contributed by atoms with E-state index in [1.807, 2.05) is 0 Å². The van der Waals surface area contributed by atoms with E-state index < -0.39 is 40.3 Å². The van der Waals surface area contributed by atoms with Gasteiger partial charge in [-0.25, -0.2) is 12.7 Å². The van der Waals surface area contributed by atoms with Gasteiger partial charge in [-0.15, -0.1) is 0 Å². The number of carbonyl (C=O) groups excluding carboxylic acids is 3. The number of benzene rings is 2. The molecule has 3 aliphatic heterocycles. The predicted octanol–water partition coefficient (Wildman–Crippen LogP) is 2.02. The van der Waals surface area contributed by atoms with E-state index in [1.165, 1.54) is 35.5 Å². The molecule has 2 aromatic carbocycles. The summed E-state index contributed by atoms with van der Waals surface area (Å²) in [7, 11) is -4.26. The number of amides is 3. The first kappa shape index (κ1) is 27.7. The second kappa shape index (κ2) is 11.4. The van der Waals surface area contributed by atoms with Crippen LogP contribution in [0.1, 0.15) is 40.4 Å². The smallest absolute Gasteiger partial charge is 0.269 e. The molecule has 3 amide bonds. The lowest BCUT2D eigenvalue weighted by Crippen LogP contribution is -2.48. The number of nitrogens with one attached hydrogen (secondary N) is 1. The van der Waals surface area contributed by atoms with Crippen LogP contribution in [0.4, 0.5) is 0 Å². The van der Waals surface area contributed by atoms with Crippen molar-refractivity contribution in [3.05, 3.63) is 83.7 Å². The van der Waals surface area contributed by atoms with E-state index in [4.69, 9.17) is 14.2 Å². The molecule has 0 spiro atoms. The Morgan fingerprint density at radius 2 is 1.86 bits per heavy atom. The first-order valence-electron chi connectivity index (χ1n) is 13.5. The highest BCUT2D eigenvalue weighted by Gasteiger charge is 2.43. The molecule has 0 radical (unpaired) electrons. The Morgan fingerprint density at radius 1 is 1.07 bits per heavy atom. The fourth-order valence-electron chi connectivity index (χ4n) is 5.30. The van der Waals surface area contributed by atoms with Crippen LogP contribution in [0.2, 0.25) is 0 Å². The summed E-state index contributed by atoms with van der Waals surface area (Å²) >= 11 is 0. The van der Waals surface area contributed by atoms with Crippen LogP contribution in [0, 0.1) is 0 Å². The number of hydrogen-bond donors (Lipinski definition) is 1. The zero-order valence-electron chi connectivity index (χ0n) is 22.5. The Kier molecular flexibility index (Phi) is 7.52. The molecule has 2 unspecified atom stereocenters. The molecule has 0 aliphatic carbocycles. The van der Waals surface area contributed by atoms with Crippen LogP contribution in [0.5, 0.6) is 11.5 Å². The van der Waals surface area contributed by atoms with E-state index in [-0.39, 0.29) is 36.4 Å².